The second-order valence-corrected chi connectivity index (χ2v) is 6.95. The maximum absolute atomic E-state index is 9.87. The summed E-state index contributed by atoms with van der Waals surface area (Å²) in [7, 11) is 0. The van der Waals surface area contributed by atoms with Gasteiger partial charge in [0.2, 0.25) is 0 Å². The van der Waals surface area contributed by atoms with Crippen LogP contribution in [-0.4, -0.2) is 74.0 Å². The van der Waals surface area contributed by atoms with E-state index in [4.69, 9.17) is 18.6 Å². The number of aliphatic hydroxyl groups is 2. The van der Waals surface area contributed by atoms with E-state index in [1.165, 1.54) is 0 Å². The lowest BCUT2D eigenvalue weighted by Crippen LogP contribution is -2.27. The Kier molecular flexibility index (Phi) is 21.6. The van der Waals surface area contributed by atoms with Crippen LogP contribution in [0, 0.1) is 0 Å². The van der Waals surface area contributed by atoms with Crippen LogP contribution in [0.25, 0.3) is 0 Å². The topological polar surface area (TPSA) is 219 Å². The monoisotopic (exact) mass is 528 g/mol. The van der Waals surface area contributed by atoms with Crippen molar-refractivity contribution in [3.05, 3.63) is 23.8 Å². The van der Waals surface area contributed by atoms with Gasteiger partial charge in [-0.3, -0.25) is 10.1 Å². The van der Waals surface area contributed by atoms with Crippen LogP contribution in [0.1, 0.15) is 51.2 Å². The van der Waals surface area contributed by atoms with Crippen LogP contribution < -0.4 is 10.5 Å². The smallest absolute Gasteiger partial charge is 0.197 e. The number of nitrogens with zero attached hydrogens (tertiary/aromatic N) is 6. The van der Waals surface area contributed by atoms with Gasteiger partial charge in [0.15, 0.2) is 25.1 Å². The van der Waals surface area contributed by atoms with Crippen molar-refractivity contribution < 1.29 is 49.0 Å². The van der Waals surface area contributed by atoms with E-state index < -0.39 is 12.2 Å². The molecular weight excluding hydrogens is 500 g/mol. The first-order valence-corrected chi connectivity index (χ1v) is 10.3. The van der Waals surface area contributed by atoms with E-state index in [-0.39, 0.29) is 31.7 Å². The molecule has 0 fully saturated rings. The molecule has 0 saturated heterocycles. The van der Waals surface area contributed by atoms with Crippen molar-refractivity contribution in [1.82, 2.24) is 30.0 Å². The predicted molar refractivity (Wildman–Crippen MR) is 111 cm³/mol. The molecule has 16 nitrogen and oxygen atoms in total. The molecule has 2 aromatic rings. The SMILES string of the molecule is CC(C)n1cc(CC(COO[O-])OO[O-])nn1.CC(C)n1cc(CC(O)CO)nn1.O=S.O=S. The molecule has 0 aromatic carbocycles. The lowest BCUT2D eigenvalue weighted by atomic mass is 10.2. The highest BCUT2D eigenvalue weighted by Gasteiger charge is 2.14. The molecule has 2 rings (SSSR count). The molecule has 2 N–H and O–H groups in total. The molecule has 18 heteroatoms. The molecule has 2 unspecified atom stereocenters. The number of hydrogen-bond donors (Lipinski definition) is 2. The molecule has 0 saturated carbocycles. The van der Waals surface area contributed by atoms with Crippen LogP contribution in [0.15, 0.2) is 12.4 Å². The van der Waals surface area contributed by atoms with Crippen molar-refractivity contribution in [3.63, 3.8) is 0 Å². The average molecular weight is 529 g/mol. The Hall–Kier alpha value is -2.00. The molecule has 196 valence electrons. The second kappa shape index (κ2) is 21.5. The van der Waals surface area contributed by atoms with Gasteiger partial charge in [-0.2, -0.15) is 8.42 Å². The number of hydrogen-bond acceptors (Lipinski definition) is 16. The fraction of sp³-hybridized carbons (Fsp3) is 0.750. The zero-order chi connectivity index (χ0) is 26.5. The molecule has 0 aliphatic rings. The summed E-state index contributed by atoms with van der Waals surface area (Å²) in [6.07, 6.45) is 2.51. The molecule has 2 heterocycles. The molecule has 2 aromatic heterocycles. The van der Waals surface area contributed by atoms with E-state index in [0.29, 0.717) is 17.8 Å². The molecule has 34 heavy (non-hydrogen) atoms. The first-order chi connectivity index (χ1) is 16.3. The van der Waals surface area contributed by atoms with Crippen molar-refractivity contribution in [2.45, 2.75) is 64.8 Å². The van der Waals surface area contributed by atoms with Crippen molar-refractivity contribution >= 4 is 25.1 Å². The fourth-order valence-corrected chi connectivity index (χ4v) is 2.14. The van der Waals surface area contributed by atoms with E-state index in [2.05, 4.69) is 65.5 Å². The lowest BCUT2D eigenvalue weighted by molar-refractivity contribution is -0.816. The first-order valence-electron chi connectivity index (χ1n) is 9.61. The summed E-state index contributed by atoms with van der Waals surface area (Å²) in [5.41, 5.74) is 1.28. The van der Waals surface area contributed by atoms with Crippen LogP contribution in [0.3, 0.4) is 0 Å². The van der Waals surface area contributed by atoms with Gasteiger partial charge >= 0.3 is 0 Å². The molecule has 0 spiro atoms. The summed E-state index contributed by atoms with van der Waals surface area (Å²) in [6, 6.07) is 0.445. The highest BCUT2D eigenvalue weighted by molar-refractivity contribution is 7.44. The van der Waals surface area contributed by atoms with E-state index in [9.17, 15) is 10.5 Å². The van der Waals surface area contributed by atoms with Crippen LogP contribution in [0.4, 0.5) is 0 Å². The van der Waals surface area contributed by atoms with E-state index >= 15 is 0 Å². The normalized spacial score (nSPS) is 12.1. The zero-order valence-electron chi connectivity index (χ0n) is 19.0. The van der Waals surface area contributed by atoms with E-state index in [1.54, 1.807) is 21.8 Å². The number of aromatic nitrogens is 6. The minimum absolute atomic E-state index is 0.174. The summed E-state index contributed by atoms with van der Waals surface area (Å²) in [5, 5.41) is 59.2. The Morgan fingerprint density at radius 1 is 0.912 bits per heavy atom. The summed E-state index contributed by atoms with van der Waals surface area (Å²) in [4.78, 5) is 8.46. The molecule has 0 bridgehead atoms. The zero-order valence-corrected chi connectivity index (χ0v) is 20.6. The Morgan fingerprint density at radius 2 is 1.38 bits per heavy atom. The van der Waals surface area contributed by atoms with Gasteiger partial charge in [-0.1, -0.05) is 10.4 Å². The maximum atomic E-state index is 9.87. The van der Waals surface area contributed by atoms with Gasteiger partial charge in [-0.15, -0.1) is 10.2 Å². The third-order valence-electron chi connectivity index (χ3n) is 3.74. The van der Waals surface area contributed by atoms with Gasteiger partial charge in [0, 0.05) is 37.3 Å². The summed E-state index contributed by atoms with van der Waals surface area (Å²) in [5.74, 6) is 0. The van der Waals surface area contributed by atoms with Crippen molar-refractivity contribution in [2.24, 2.45) is 0 Å². The minimum Gasteiger partial charge on any atom is -0.692 e. The Morgan fingerprint density at radius 3 is 1.74 bits per heavy atom. The molecule has 0 aliphatic carbocycles. The average Bonchev–Trinajstić information content (AvgIpc) is 3.51. The molecule has 0 amide bonds. The highest BCUT2D eigenvalue weighted by atomic mass is 32.1. The van der Waals surface area contributed by atoms with E-state index in [1.807, 2.05) is 27.7 Å². The number of rotatable bonds is 12. The molecular formula is C16H28N6O10S2-2. The van der Waals surface area contributed by atoms with Gasteiger partial charge in [0.1, 0.15) is 12.7 Å². The largest absolute Gasteiger partial charge is 0.692 e. The van der Waals surface area contributed by atoms with Crippen molar-refractivity contribution in [2.75, 3.05) is 13.2 Å². The Balaban J connectivity index is 0. The Labute approximate surface area is 206 Å². The second-order valence-electron chi connectivity index (χ2n) is 6.95. The van der Waals surface area contributed by atoms with Crippen molar-refractivity contribution in [3.8, 4) is 0 Å². The van der Waals surface area contributed by atoms with E-state index in [0.717, 1.165) is 0 Å². The van der Waals surface area contributed by atoms with Crippen molar-refractivity contribution in [1.29, 1.82) is 0 Å². The lowest BCUT2D eigenvalue weighted by Gasteiger charge is -2.17. The maximum Gasteiger partial charge on any atom is 0.197 e. The quantitative estimate of drug-likeness (QED) is 0.211. The predicted octanol–water partition coefficient (Wildman–Crippen LogP) is -2.70. The summed E-state index contributed by atoms with van der Waals surface area (Å²) in [6.45, 7) is 7.40. The van der Waals surface area contributed by atoms with Crippen LogP contribution in [0.2, 0.25) is 0 Å². The van der Waals surface area contributed by atoms with Crippen LogP contribution in [-0.2, 0) is 57.8 Å². The van der Waals surface area contributed by atoms with Crippen LogP contribution in [0.5, 0.6) is 0 Å². The summed E-state index contributed by atoms with van der Waals surface area (Å²) >= 11 is 5.67. The summed E-state index contributed by atoms with van der Waals surface area (Å²) < 4.78 is 19.0. The van der Waals surface area contributed by atoms with Gasteiger partial charge in [0.05, 0.1) is 24.1 Å². The highest BCUT2D eigenvalue weighted by Crippen LogP contribution is 2.07. The molecule has 0 radical (unpaired) electrons. The van der Waals surface area contributed by atoms with Gasteiger partial charge in [0.25, 0.3) is 0 Å². The third kappa shape index (κ3) is 15.0. The van der Waals surface area contributed by atoms with Gasteiger partial charge < -0.3 is 20.7 Å². The first kappa shape index (κ1) is 34.2. The van der Waals surface area contributed by atoms with Gasteiger partial charge in [-0.25, -0.2) is 19.1 Å². The molecule has 0 aliphatic heterocycles. The fourth-order valence-electron chi connectivity index (χ4n) is 2.14. The minimum atomic E-state index is -0.793. The Bertz CT molecular complexity index is 737. The number of aliphatic hydroxyl groups excluding tert-OH is 2. The van der Waals surface area contributed by atoms with Crippen LogP contribution >= 0.6 is 0 Å². The molecule has 2 atom stereocenters. The third-order valence-corrected chi connectivity index (χ3v) is 3.74. The standard InChI is InChI=1S/C8H15N3O6.C8H15N3O2.2OS/c1-6(2)11-4-7(9-10-11)3-8(15-17-13)5-14-16-12;1-6(2)11-4-7(9-10-11)3-8(13)5-12;2*1-2/h4,6,8,12-13H,3,5H2,1-2H3;4,6,8,12-13H,3,5H2,1-2H3;;/p-2. The van der Waals surface area contributed by atoms with Gasteiger partial charge in [-0.05, 0) is 27.7 Å².